The molecule has 0 aromatic heterocycles. The van der Waals surface area contributed by atoms with Crippen LogP contribution in [-0.4, -0.2) is 30.1 Å². The van der Waals surface area contributed by atoms with Crippen molar-refractivity contribution in [2.45, 2.75) is 25.8 Å². The van der Waals surface area contributed by atoms with Crippen LogP contribution in [0.5, 0.6) is 11.5 Å². The van der Waals surface area contributed by atoms with Gasteiger partial charge in [-0.2, -0.15) is 0 Å². The Balaban J connectivity index is 2.01. The van der Waals surface area contributed by atoms with E-state index in [9.17, 15) is 14.7 Å². The minimum absolute atomic E-state index is 0.0299. The number of fused-ring (bicyclic) bond motifs is 1. The maximum absolute atomic E-state index is 12.1. The van der Waals surface area contributed by atoms with Crippen LogP contribution in [0.3, 0.4) is 0 Å². The van der Waals surface area contributed by atoms with Crippen LogP contribution in [0.4, 0.5) is 0 Å². The Labute approximate surface area is 122 Å². The molecule has 112 valence electrons. The molecule has 2 aliphatic heterocycles. The molecular formula is C15H16NO5-. The summed E-state index contributed by atoms with van der Waals surface area (Å²) in [6.45, 7) is 2.46. The number of carbonyl (C=O) groups is 2. The molecule has 6 nitrogen and oxygen atoms in total. The van der Waals surface area contributed by atoms with Crippen LogP contribution in [0.15, 0.2) is 18.2 Å². The summed E-state index contributed by atoms with van der Waals surface area (Å²) in [7, 11) is 0. The Hall–Kier alpha value is -2.24. The minimum Gasteiger partial charge on any atom is -0.550 e. The monoisotopic (exact) mass is 290 g/mol. The number of nitrogens with zero attached hydrogens (tertiary/aromatic N) is 1. The molecule has 21 heavy (non-hydrogen) atoms. The Morgan fingerprint density at radius 1 is 1.38 bits per heavy atom. The number of likely N-dealkylation sites (tertiary alicyclic amines) is 1. The number of hydrogen-bond donors (Lipinski definition) is 0. The SMILES string of the molecule is CCN1C(=O)CC[C@@H](C(=O)[O-])[C@H]1c1ccc2c(c1)OCO2. The molecule has 0 N–H and O–H groups in total. The molecule has 3 rings (SSSR count). The molecule has 2 aliphatic rings. The zero-order valence-corrected chi connectivity index (χ0v) is 11.7. The average Bonchev–Trinajstić information content (AvgIpc) is 2.93. The minimum atomic E-state index is -1.12. The van der Waals surface area contributed by atoms with Crippen molar-refractivity contribution in [2.24, 2.45) is 5.92 Å². The van der Waals surface area contributed by atoms with Gasteiger partial charge in [-0.05, 0) is 31.0 Å². The van der Waals surface area contributed by atoms with Crippen molar-refractivity contribution in [2.75, 3.05) is 13.3 Å². The number of carboxylic acid groups (broad SMARTS) is 1. The first-order chi connectivity index (χ1) is 10.1. The van der Waals surface area contributed by atoms with E-state index in [0.717, 1.165) is 5.56 Å². The fraction of sp³-hybridized carbons (Fsp3) is 0.467. The second kappa shape index (κ2) is 5.27. The highest BCUT2D eigenvalue weighted by molar-refractivity contribution is 5.81. The topological polar surface area (TPSA) is 78.9 Å². The third-order valence-electron chi connectivity index (χ3n) is 4.09. The Morgan fingerprint density at radius 3 is 2.86 bits per heavy atom. The molecule has 0 aliphatic carbocycles. The van der Waals surface area contributed by atoms with Crippen molar-refractivity contribution in [3.8, 4) is 11.5 Å². The van der Waals surface area contributed by atoms with Gasteiger partial charge in [0, 0.05) is 24.9 Å². The molecule has 2 atom stereocenters. The summed E-state index contributed by atoms with van der Waals surface area (Å²) in [4.78, 5) is 25.1. The van der Waals surface area contributed by atoms with Gasteiger partial charge in [-0.25, -0.2) is 0 Å². The predicted molar refractivity (Wildman–Crippen MR) is 70.4 cm³/mol. The lowest BCUT2D eigenvalue weighted by Gasteiger charge is -2.41. The first-order valence-electron chi connectivity index (χ1n) is 7.01. The fourth-order valence-corrected chi connectivity index (χ4v) is 3.08. The summed E-state index contributed by atoms with van der Waals surface area (Å²) < 4.78 is 10.6. The van der Waals surface area contributed by atoms with Crippen molar-refractivity contribution in [3.63, 3.8) is 0 Å². The molecule has 0 radical (unpaired) electrons. The third-order valence-corrected chi connectivity index (χ3v) is 4.09. The fourth-order valence-electron chi connectivity index (χ4n) is 3.08. The summed E-state index contributed by atoms with van der Waals surface area (Å²) in [5, 5.41) is 11.4. The lowest BCUT2D eigenvalue weighted by Crippen LogP contribution is -2.48. The number of rotatable bonds is 3. The largest absolute Gasteiger partial charge is 0.550 e. The summed E-state index contributed by atoms with van der Waals surface area (Å²) in [5.74, 6) is -0.642. The summed E-state index contributed by atoms with van der Waals surface area (Å²) in [5.41, 5.74) is 0.739. The van der Waals surface area contributed by atoms with Gasteiger partial charge in [0.15, 0.2) is 11.5 Å². The van der Waals surface area contributed by atoms with Crippen LogP contribution in [0.2, 0.25) is 0 Å². The van der Waals surface area contributed by atoms with Gasteiger partial charge in [-0.1, -0.05) is 6.07 Å². The predicted octanol–water partition coefficient (Wildman–Crippen LogP) is 0.465. The summed E-state index contributed by atoms with van der Waals surface area (Å²) >= 11 is 0. The molecular weight excluding hydrogens is 274 g/mol. The molecule has 2 heterocycles. The molecule has 6 heteroatoms. The Bertz CT molecular complexity index is 583. The van der Waals surface area contributed by atoms with Crippen molar-refractivity contribution < 1.29 is 24.2 Å². The van der Waals surface area contributed by atoms with E-state index < -0.39 is 17.9 Å². The zero-order valence-electron chi connectivity index (χ0n) is 11.7. The van der Waals surface area contributed by atoms with Crippen LogP contribution in [0, 0.1) is 5.92 Å². The molecule has 1 fully saturated rings. The van der Waals surface area contributed by atoms with Crippen LogP contribution in [0.1, 0.15) is 31.4 Å². The number of benzene rings is 1. The van der Waals surface area contributed by atoms with Crippen LogP contribution in [0.25, 0.3) is 0 Å². The highest BCUT2D eigenvalue weighted by Gasteiger charge is 2.37. The normalized spacial score (nSPS) is 24.2. The van der Waals surface area contributed by atoms with Crippen molar-refractivity contribution in [1.82, 2.24) is 4.90 Å². The van der Waals surface area contributed by atoms with Gasteiger partial charge in [-0.3, -0.25) is 4.79 Å². The van der Waals surface area contributed by atoms with E-state index in [1.165, 1.54) is 0 Å². The van der Waals surface area contributed by atoms with Crippen LogP contribution in [-0.2, 0) is 9.59 Å². The first kappa shape index (κ1) is 13.7. The quantitative estimate of drug-likeness (QED) is 0.808. The Kier molecular flexibility index (Phi) is 3.45. The first-order valence-corrected chi connectivity index (χ1v) is 7.01. The smallest absolute Gasteiger partial charge is 0.231 e. The standard InChI is InChI=1S/C15H17NO5/c1-2-16-13(17)6-4-10(15(18)19)14(16)9-3-5-11-12(7-9)21-8-20-11/h3,5,7,10,14H,2,4,6,8H2,1H3,(H,18,19)/p-1/t10-,14-/m1/s1. The van der Waals surface area contributed by atoms with Gasteiger partial charge in [-0.15, -0.1) is 0 Å². The van der Waals surface area contributed by atoms with E-state index in [2.05, 4.69) is 0 Å². The van der Waals surface area contributed by atoms with E-state index in [0.29, 0.717) is 24.5 Å². The molecule has 1 aromatic carbocycles. The van der Waals surface area contributed by atoms with E-state index in [1.807, 2.05) is 6.92 Å². The molecule has 0 unspecified atom stereocenters. The summed E-state index contributed by atoms with van der Waals surface area (Å²) in [6.07, 6.45) is 0.546. The summed E-state index contributed by atoms with van der Waals surface area (Å²) in [6, 6.07) is 4.77. The lowest BCUT2D eigenvalue weighted by atomic mass is 9.84. The van der Waals surface area contributed by atoms with Gasteiger partial charge in [0.1, 0.15) is 0 Å². The molecule has 1 aromatic rings. The second-order valence-corrected chi connectivity index (χ2v) is 5.20. The van der Waals surface area contributed by atoms with Gasteiger partial charge >= 0.3 is 0 Å². The number of carboxylic acids is 1. The van der Waals surface area contributed by atoms with Crippen LogP contribution < -0.4 is 14.6 Å². The van der Waals surface area contributed by atoms with Crippen molar-refractivity contribution >= 4 is 11.9 Å². The highest BCUT2D eigenvalue weighted by atomic mass is 16.7. The van der Waals surface area contributed by atoms with E-state index in [1.54, 1.807) is 23.1 Å². The van der Waals surface area contributed by atoms with Crippen molar-refractivity contribution in [3.05, 3.63) is 23.8 Å². The lowest BCUT2D eigenvalue weighted by molar-refractivity contribution is -0.314. The van der Waals surface area contributed by atoms with Crippen molar-refractivity contribution in [1.29, 1.82) is 0 Å². The Morgan fingerprint density at radius 2 is 2.14 bits per heavy atom. The maximum Gasteiger partial charge on any atom is 0.231 e. The highest BCUT2D eigenvalue weighted by Crippen LogP contribution is 2.40. The zero-order chi connectivity index (χ0) is 15.0. The van der Waals surface area contributed by atoms with Gasteiger partial charge in [0.2, 0.25) is 12.7 Å². The molecule has 1 saturated heterocycles. The number of amides is 1. The van der Waals surface area contributed by atoms with Gasteiger partial charge in [0.05, 0.1) is 6.04 Å². The van der Waals surface area contributed by atoms with E-state index in [-0.39, 0.29) is 19.1 Å². The van der Waals surface area contributed by atoms with E-state index >= 15 is 0 Å². The molecule has 0 bridgehead atoms. The second-order valence-electron chi connectivity index (χ2n) is 5.20. The number of hydrogen-bond acceptors (Lipinski definition) is 5. The number of aliphatic carboxylic acids is 1. The molecule has 1 amide bonds. The molecule has 0 saturated carbocycles. The van der Waals surface area contributed by atoms with Gasteiger partial charge in [0.25, 0.3) is 0 Å². The van der Waals surface area contributed by atoms with Gasteiger partial charge < -0.3 is 24.3 Å². The number of carbonyl (C=O) groups excluding carboxylic acids is 2. The number of piperidine rings is 1. The molecule has 0 spiro atoms. The maximum atomic E-state index is 12.1. The average molecular weight is 290 g/mol. The van der Waals surface area contributed by atoms with E-state index in [4.69, 9.17) is 9.47 Å². The number of ether oxygens (including phenoxy) is 2. The third kappa shape index (κ3) is 2.30. The van der Waals surface area contributed by atoms with Crippen LogP contribution >= 0.6 is 0 Å².